The molecule has 0 fully saturated rings. The Morgan fingerprint density at radius 3 is 1.95 bits per heavy atom. The van der Waals surface area contributed by atoms with E-state index in [4.69, 9.17) is 4.74 Å². The molecule has 3 aromatic rings. The highest BCUT2D eigenvalue weighted by Gasteiger charge is 2.23. The van der Waals surface area contributed by atoms with Crippen LogP contribution in [0.4, 0.5) is 0 Å². The highest BCUT2D eigenvalue weighted by atomic mass is 16.5. The van der Waals surface area contributed by atoms with Crippen LogP contribution in [0.5, 0.6) is 5.75 Å². The van der Waals surface area contributed by atoms with Crippen LogP contribution in [0.15, 0.2) is 66.7 Å². The topological polar surface area (TPSA) is 29.5 Å². The molecule has 0 saturated heterocycles. The SMILES string of the molecule is Oc1cc2c(c(-c3ccccc3)c1-c1ccccc1)COC2. The molecule has 0 aromatic heterocycles. The summed E-state index contributed by atoms with van der Waals surface area (Å²) in [6, 6.07) is 22.1. The van der Waals surface area contributed by atoms with Crippen LogP contribution in [0.1, 0.15) is 11.1 Å². The molecule has 2 heteroatoms. The lowest BCUT2D eigenvalue weighted by molar-refractivity contribution is 0.134. The van der Waals surface area contributed by atoms with Crippen molar-refractivity contribution in [3.8, 4) is 28.0 Å². The molecule has 0 amide bonds. The maximum atomic E-state index is 10.6. The monoisotopic (exact) mass is 288 g/mol. The summed E-state index contributed by atoms with van der Waals surface area (Å²) in [5.74, 6) is 0.314. The molecule has 108 valence electrons. The van der Waals surface area contributed by atoms with Crippen molar-refractivity contribution in [3.05, 3.63) is 77.9 Å². The maximum Gasteiger partial charge on any atom is 0.124 e. The van der Waals surface area contributed by atoms with Gasteiger partial charge >= 0.3 is 0 Å². The number of benzene rings is 3. The van der Waals surface area contributed by atoms with Gasteiger partial charge < -0.3 is 9.84 Å². The minimum atomic E-state index is 0.314. The molecule has 0 radical (unpaired) electrons. The fourth-order valence-electron chi connectivity index (χ4n) is 3.14. The van der Waals surface area contributed by atoms with Gasteiger partial charge in [-0.05, 0) is 33.9 Å². The summed E-state index contributed by atoms with van der Waals surface area (Å²) in [4.78, 5) is 0. The average Bonchev–Trinajstić information content (AvgIpc) is 3.03. The first kappa shape index (κ1) is 13.1. The zero-order valence-corrected chi connectivity index (χ0v) is 12.1. The van der Waals surface area contributed by atoms with Gasteiger partial charge in [-0.3, -0.25) is 0 Å². The third-order valence-corrected chi connectivity index (χ3v) is 4.14. The molecule has 0 saturated carbocycles. The number of fused-ring (bicyclic) bond motifs is 1. The van der Waals surface area contributed by atoms with E-state index in [-0.39, 0.29) is 0 Å². The zero-order chi connectivity index (χ0) is 14.9. The molecule has 3 aromatic carbocycles. The van der Waals surface area contributed by atoms with E-state index < -0.39 is 0 Å². The molecule has 1 aliphatic heterocycles. The first-order chi connectivity index (χ1) is 10.8. The number of hydrogen-bond donors (Lipinski definition) is 1. The van der Waals surface area contributed by atoms with Crippen molar-refractivity contribution in [2.75, 3.05) is 0 Å². The first-order valence-electron chi connectivity index (χ1n) is 7.41. The van der Waals surface area contributed by atoms with Crippen LogP contribution in [0, 0.1) is 0 Å². The molecule has 0 unspecified atom stereocenters. The van der Waals surface area contributed by atoms with Crippen LogP contribution >= 0.6 is 0 Å². The van der Waals surface area contributed by atoms with Gasteiger partial charge in [0.25, 0.3) is 0 Å². The predicted octanol–water partition coefficient (Wildman–Crippen LogP) is 4.76. The lowest BCUT2D eigenvalue weighted by atomic mass is 9.88. The normalized spacial score (nSPS) is 13.1. The van der Waals surface area contributed by atoms with Crippen LogP contribution in [0.3, 0.4) is 0 Å². The Hall–Kier alpha value is -2.58. The van der Waals surface area contributed by atoms with Gasteiger partial charge in [0.2, 0.25) is 0 Å². The quantitative estimate of drug-likeness (QED) is 0.737. The summed E-state index contributed by atoms with van der Waals surface area (Å²) >= 11 is 0. The van der Waals surface area contributed by atoms with Crippen LogP contribution in [0.25, 0.3) is 22.3 Å². The van der Waals surface area contributed by atoms with E-state index >= 15 is 0 Å². The summed E-state index contributed by atoms with van der Waals surface area (Å²) in [7, 11) is 0. The second-order valence-corrected chi connectivity index (χ2v) is 5.51. The van der Waals surface area contributed by atoms with Crippen LogP contribution in [-0.2, 0) is 18.0 Å². The average molecular weight is 288 g/mol. The Balaban J connectivity index is 2.06. The van der Waals surface area contributed by atoms with Crippen molar-refractivity contribution < 1.29 is 9.84 Å². The molecule has 1 N–H and O–H groups in total. The van der Waals surface area contributed by atoms with Gasteiger partial charge in [0.15, 0.2) is 0 Å². The van der Waals surface area contributed by atoms with Gasteiger partial charge in [0, 0.05) is 5.56 Å². The Kier molecular flexibility index (Phi) is 3.17. The molecule has 0 atom stereocenters. The number of rotatable bonds is 2. The molecule has 22 heavy (non-hydrogen) atoms. The molecular formula is C20H16O2. The van der Waals surface area contributed by atoms with E-state index in [1.54, 1.807) is 0 Å². The van der Waals surface area contributed by atoms with Gasteiger partial charge in [-0.25, -0.2) is 0 Å². The lowest BCUT2D eigenvalue weighted by Crippen LogP contribution is -1.94. The number of ether oxygens (including phenoxy) is 1. The Morgan fingerprint density at radius 2 is 1.32 bits per heavy atom. The van der Waals surface area contributed by atoms with E-state index in [0.29, 0.717) is 19.0 Å². The standard InChI is InChI=1S/C20H16O2/c21-18-11-16-12-22-13-17(16)19(14-7-3-1-4-8-14)20(18)15-9-5-2-6-10-15/h1-11,21H,12-13H2. The second kappa shape index (κ2) is 5.32. The van der Waals surface area contributed by atoms with Gasteiger partial charge in [-0.1, -0.05) is 60.7 Å². The lowest BCUT2D eigenvalue weighted by Gasteiger charge is -2.16. The van der Waals surface area contributed by atoms with Gasteiger partial charge in [0.1, 0.15) is 5.75 Å². The molecular weight excluding hydrogens is 272 g/mol. The summed E-state index contributed by atoms with van der Waals surface area (Å²) in [5, 5.41) is 10.6. The van der Waals surface area contributed by atoms with E-state index in [1.165, 1.54) is 5.56 Å². The van der Waals surface area contributed by atoms with Crippen molar-refractivity contribution in [3.63, 3.8) is 0 Å². The molecule has 0 spiro atoms. The van der Waals surface area contributed by atoms with Crippen molar-refractivity contribution in [1.82, 2.24) is 0 Å². The van der Waals surface area contributed by atoms with Crippen molar-refractivity contribution >= 4 is 0 Å². The maximum absolute atomic E-state index is 10.6. The van der Waals surface area contributed by atoms with Crippen molar-refractivity contribution in [2.45, 2.75) is 13.2 Å². The van der Waals surface area contributed by atoms with E-state index in [9.17, 15) is 5.11 Å². The highest BCUT2D eigenvalue weighted by molar-refractivity contribution is 5.90. The minimum absolute atomic E-state index is 0.314. The van der Waals surface area contributed by atoms with E-state index in [0.717, 1.165) is 27.8 Å². The Morgan fingerprint density at radius 1 is 0.727 bits per heavy atom. The largest absolute Gasteiger partial charge is 0.507 e. The number of hydrogen-bond acceptors (Lipinski definition) is 2. The molecule has 0 bridgehead atoms. The van der Waals surface area contributed by atoms with Gasteiger partial charge in [-0.2, -0.15) is 0 Å². The fourth-order valence-corrected chi connectivity index (χ4v) is 3.14. The Bertz CT molecular complexity index is 808. The van der Waals surface area contributed by atoms with E-state index in [1.807, 2.05) is 54.6 Å². The van der Waals surface area contributed by atoms with Gasteiger partial charge in [-0.15, -0.1) is 0 Å². The highest BCUT2D eigenvalue weighted by Crippen LogP contribution is 2.44. The summed E-state index contributed by atoms with van der Waals surface area (Å²) in [6.07, 6.45) is 0. The van der Waals surface area contributed by atoms with Crippen LogP contribution in [0.2, 0.25) is 0 Å². The van der Waals surface area contributed by atoms with E-state index in [2.05, 4.69) is 12.1 Å². The first-order valence-corrected chi connectivity index (χ1v) is 7.41. The number of phenols is 1. The Labute approximate surface area is 129 Å². The summed E-state index contributed by atoms with van der Waals surface area (Å²) in [5.41, 5.74) is 6.36. The molecule has 2 nitrogen and oxygen atoms in total. The molecule has 0 aliphatic carbocycles. The number of aromatic hydroxyl groups is 1. The molecule has 4 rings (SSSR count). The second-order valence-electron chi connectivity index (χ2n) is 5.51. The van der Waals surface area contributed by atoms with Crippen LogP contribution in [-0.4, -0.2) is 5.11 Å². The fraction of sp³-hybridized carbons (Fsp3) is 0.100. The molecule has 1 aliphatic rings. The summed E-state index contributed by atoms with van der Waals surface area (Å²) in [6.45, 7) is 1.16. The van der Waals surface area contributed by atoms with Crippen molar-refractivity contribution in [2.24, 2.45) is 0 Å². The predicted molar refractivity (Wildman–Crippen MR) is 87.5 cm³/mol. The number of phenolic OH excluding ortho intramolecular Hbond substituents is 1. The molecule has 1 heterocycles. The third kappa shape index (κ3) is 2.09. The van der Waals surface area contributed by atoms with Gasteiger partial charge in [0.05, 0.1) is 13.2 Å². The minimum Gasteiger partial charge on any atom is -0.507 e. The summed E-state index contributed by atoms with van der Waals surface area (Å²) < 4.78 is 5.61. The van der Waals surface area contributed by atoms with Crippen molar-refractivity contribution in [1.29, 1.82) is 0 Å². The van der Waals surface area contributed by atoms with Crippen LogP contribution < -0.4 is 0 Å². The third-order valence-electron chi connectivity index (χ3n) is 4.14. The smallest absolute Gasteiger partial charge is 0.124 e. The zero-order valence-electron chi connectivity index (χ0n) is 12.1.